The van der Waals surface area contributed by atoms with E-state index >= 15 is 0 Å². The molecule has 1 aromatic rings. The lowest BCUT2D eigenvalue weighted by molar-refractivity contribution is 0.192. The Morgan fingerprint density at radius 3 is 2.67 bits per heavy atom. The fourth-order valence-electron chi connectivity index (χ4n) is 2.29. The molecule has 18 heavy (non-hydrogen) atoms. The number of hydrogen-bond acceptors (Lipinski definition) is 2. The maximum absolute atomic E-state index is 13.6. The van der Waals surface area contributed by atoms with Crippen molar-refractivity contribution in [3.8, 4) is 0 Å². The summed E-state index contributed by atoms with van der Waals surface area (Å²) in [4.78, 5) is 2.28. The Morgan fingerprint density at radius 2 is 2.06 bits per heavy atom. The Bertz CT molecular complexity index is 379. The Labute approximate surface area is 119 Å². The summed E-state index contributed by atoms with van der Waals surface area (Å²) in [5.41, 5.74) is 0.695. The van der Waals surface area contributed by atoms with E-state index in [4.69, 9.17) is 11.6 Å². The molecule has 0 aliphatic carbocycles. The first-order valence-corrected chi connectivity index (χ1v) is 6.40. The summed E-state index contributed by atoms with van der Waals surface area (Å²) >= 11 is 5.88. The van der Waals surface area contributed by atoms with Gasteiger partial charge in [-0.3, -0.25) is 4.90 Å². The number of piperidine rings is 1. The van der Waals surface area contributed by atoms with E-state index in [0.29, 0.717) is 23.2 Å². The predicted octanol–water partition coefficient (Wildman–Crippen LogP) is 3.08. The standard InChI is InChI=1S/C13H18ClFN2.ClH/c1-16-12-4-6-17(7-5-12)9-10-8-11(14)2-3-13(10)15;/h2-3,8,12,16H,4-7,9H2,1H3;1H. The van der Waals surface area contributed by atoms with Crippen LogP contribution in [-0.2, 0) is 6.54 Å². The SMILES string of the molecule is CNC1CCN(Cc2cc(Cl)ccc2F)CC1.Cl. The van der Waals surface area contributed by atoms with Gasteiger partial charge >= 0.3 is 0 Å². The summed E-state index contributed by atoms with van der Waals surface area (Å²) in [5.74, 6) is -0.162. The molecule has 1 aromatic carbocycles. The lowest BCUT2D eigenvalue weighted by atomic mass is 10.0. The Hall–Kier alpha value is -0.350. The molecule has 0 radical (unpaired) electrons. The molecule has 2 nitrogen and oxygen atoms in total. The highest BCUT2D eigenvalue weighted by Crippen LogP contribution is 2.19. The zero-order valence-electron chi connectivity index (χ0n) is 10.5. The van der Waals surface area contributed by atoms with Crippen LogP contribution in [0, 0.1) is 5.82 Å². The number of benzene rings is 1. The highest BCUT2D eigenvalue weighted by atomic mass is 35.5. The first-order chi connectivity index (χ1) is 8.19. The van der Waals surface area contributed by atoms with E-state index < -0.39 is 0 Å². The molecule has 0 aromatic heterocycles. The van der Waals surface area contributed by atoms with E-state index in [1.165, 1.54) is 6.07 Å². The van der Waals surface area contributed by atoms with Gasteiger partial charge in [0, 0.05) is 23.2 Å². The van der Waals surface area contributed by atoms with Crippen LogP contribution in [0.15, 0.2) is 18.2 Å². The fraction of sp³-hybridized carbons (Fsp3) is 0.538. The lowest BCUT2D eigenvalue weighted by Crippen LogP contribution is -2.40. The normalized spacial score (nSPS) is 17.5. The average Bonchev–Trinajstić information content (AvgIpc) is 2.35. The van der Waals surface area contributed by atoms with Crippen molar-refractivity contribution in [3.05, 3.63) is 34.6 Å². The third-order valence-electron chi connectivity index (χ3n) is 3.40. The monoisotopic (exact) mass is 292 g/mol. The summed E-state index contributed by atoms with van der Waals surface area (Å²) < 4.78 is 13.6. The van der Waals surface area contributed by atoms with Gasteiger partial charge in [0.2, 0.25) is 0 Å². The lowest BCUT2D eigenvalue weighted by Gasteiger charge is -2.31. The minimum atomic E-state index is -0.162. The van der Waals surface area contributed by atoms with Crippen LogP contribution >= 0.6 is 24.0 Å². The molecule has 0 unspecified atom stereocenters. The highest BCUT2D eigenvalue weighted by Gasteiger charge is 2.18. The molecule has 1 N–H and O–H groups in total. The van der Waals surface area contributed by atoms with Gasteiger partial charge in [-0.05, 0) is 51.2 Å². The fourth-order valence-corrected chi connectivity index (χ4v) is 2.48. The van der Waals surface area contributed by atoms with E-state index in [0.717, 1.165) is 25.9 Å². The van der Waals surface area contributed by atoms with Crippen LogP contribution in [0.4, 0.5) is 4.39 Å². The molecule has 5 heteroatoms. The molecule has 0 saturated carbocycles. The summed E-state index contributed by atoms with van der Waals surface area (Å²) in [5, 5.41) is 3.89. The Balaban J connectivity index is 0.00000162. The van der Waals surface area contributed by atoms with Gasteiger partial charge in [-0.2, -0.15) is 0 Å². The van der Waals surface area contributed by atoms with E-state index in [2.05, 4.69) is 10.2 Å². The first-order valence-electron chi connectivity index (χ1n) is 6.02. The molecule has 1 saturated heterocycles. The van der Waals surface area contributed by atoms with Crippen molar-refractivity contribution in [2.24, 2.45) is 0 Å². The van der Waals surface area contributed by atoms with Crippen LogP contribution in [0.3, 0.4) is 0 Å². The summed E-state index contributed by atoms with van der Waals surface area (Å²) in [6, 6.07) is 5.36. The van der Waals surface area contributed by atoms with Crippen molar-refractivity contribution >= 4 is 24.0 Å². The van der Waals surface area contributed by atoms with E-state index in [1.807, 2.05) is 7.05 Å². The maximum Gasteiger partial charge on any atom is 0.127 e. The van der Waals surface area contributed by atoms with Crippen molar-refractivity contribution < 1.29 is 4.39 Å². The number of nitrogens with zero attached hydrogens (tertiary/aromatic N) is 1. The van der Waals surface area contributed by atoms with Gasteiger partial charge < -0.3 is 5.32 Å². The summed E-state index contributed by atoms with van der Waals surface area (Å²) in [6.07, 6.45) is 2.25. The van der Waals surface area contributed by atoms with Crippen molar-refractivity contribution in [2.45, 2.75) is 25.4 Å². The molecular weight excluding hydrogens is 274 g/mol. The van der Waals surface area contributed by atoms with Crippen LogP contribution in [0.2, 0.25) is 5.02 Å². The number of halogens is 3. The number of likely N-dealkylation sites (tertiary alicyclic amines) is 1. The quantitative estimate of drug-likeness (QED) is 0.921. The number of rotatable bonds is 3. The summed E-state index contributed by atoms with van der Waals surface area (Å²) in [6.45, 7) is 2.68. The first kappa shape index (κ1) is 15.7. The van der Waals surface area contributed by atoms with Gasteiger partial charge in [0.1, 0.15) is 5.82 Å². The molecule has 2 rings (SSSR count). The van der Waals surface area contributed by atoms with Crippen molar-refractivity contribution in [3.63, 3.8) is 0 Å². The summed E-state index contributed by atoms with van der Waals surface area (Å²) in [7, 11) is 2.00. The van der Waals surface area contributed by atoms with Crippen molar-refractivity contribution in [1.82, 2.24) is 10.2 Å². The molecule has 1 heterocycles. The third-order valence-corrected chi connectivity index (χ3v) is 3.63. The van der Waals surface area contributed by atoms with Crippen molar-refractivity contribution in [2.75, 3.05) is 20.1 Å². The Morgan fingerprint density at radius 1 is 1.39 bits per heavy atom. The molecule has 1 aliphatic heterocycles. The molecule has 0 bridgehead atoms. The number of hydrogen-bond donors (Lipinski definition) is 1. The van der Waals surface area contributed by atoms with Crippen LogP contribution in [0.5, 0.6) is 0 Å². The van der Waals surface area contributed by atoms with Gasteiger partial charge in [-0.15, -0.1) is 12.4 Å². The van der Waals surface area contributed by atoms with E-state index in [1.54, 1.807) is 12.1 Å². The zero-order chi connectivity index (χ0) is 12.3. The molecule has 1 aliphatic rings. The van der Waals surface area contributed by atoms with Crippen molar-refractivity contribution in [1.29, 1.82) is 0 Å². The minimum absolute atomic E-state index is 0. The molecule has 1 fully saturated rings. The van der Waals surface area contributed by atoms with Gasteiger partial charge in [-0.1, -0.05) is 11.6 Å². The van der Waals surface area contributed by atoms with Gasteiger partial charge in [0.25, 0.3) is 0 Å². The minimum Gasteiger partial charge on any atom is -0.317 e. The van der Waals surface area contributed by atoms with Gasteiger partial charge in [-0.25, -0.2) is 4.39 Å². The van der Waals surface area contributed by atoms with Crippen LogP contribution in [-0.4, -0.2) is 31.1 Å². The van der Waals surface area contributed by atoms with Crippen LogP contribution in [0.25, 0.3) is 0 Å². The zero-order valence-corrected chi connectivity index (χ0v) is 12.0. The largest absolute Gasteiger partial charge is 0.317 e. The molecular formula is C13H19Cl2FN2. The molecule has 0 amide bonds. The van der Waals surface area contributed by atoms with Crippen LogP contribution < -0.4 is 5.32 Å². The van der Waals surface area contributed by atoms with Gasteiger partial charge in [0.15, 0.2) is 0 Å². The van der Waals surface area contributed by atoms with E-state index in [-0.39, 0.29) is 18.2 Å². The average molecular weight is 293 g/mol. The predicted molar refractivity (Wildman–Crippen MR) is 76.0 cm³/mol. The molecule has 0 spiro atoms. The maximum atomic E-state index is 13.6. The van der Waals surface area contributed by atoms with E-state index in [9.17, 15) is 4.39 Å². The van der Waals surface area contributed by atoms with Crippen LogP contribution in [0.1, 0.15) is 18.4 Å². The second-order valence-electron chi connectivity index (χ2n) is 4.57. The molecule has 0 atom stereocenters. The number of nitrogens with one attached hydrogen (secondary N) is 1. The molecule has 102 valence electrons. The third kappa shape index (κ3) is 4.09. The topological polar surface area (TPSA) is 15.3 Å². The second kappa shape index (κ2) is 7.29. The second-order valence-corrected chi connectivity index (χ2v) is 5.01. The smallest absolute Gasteiger partial charge is 0.127 e. The highest BCUT2D eigenvalue weighted by molar-refractivity contribution is 6.30. The van der Waals surface area contributed by atoms with Gasteiger partial charge in [0.05, 0.1) is 0 Å². The Kier molecular flexibility index (Phi) is 6.36.